The van der Waals surface area contributed by atoms with Gasteiger partial charge in [0.1, 0.15) is 38.3 Å². The van der Waals surface area contributed by atoms with Gasteiger partial charge >= 0.3 is 0 Å². The second kappa shape index (κ2) is 11.0. The van der Waals surface area contributed by atoms with E-state index in [0.717, 1.165) is 21.6 Å². The fourth-order valence-electron chi connectivity index (χ4n) is 2.95. The molecule has 6 nitrogen and oxygen atoms in total. The van der Waals surface area contributed by atoms with Gasteiger partial charge in [-0.1, -0.05) is 11.8 Å². The van der Waals surface area contributed by atoms with Crippen LogP contribution in [0.5, 0.6) is 0 Å². The number of thioether (sulfide) groups is 1. The number of imidazole rings is 2. The molecule has 3 heterocycles. The number of hydrogen-bond acceptors (Lipinski definition) is 5. The van der Waals surface area contributed by atoms with E-state index in [-0.39, 0.29) is 11.6 Å². The Balaban J connectivity index is 0.000000180. The quantitative estimate of drug-likeness (QED) is 0.178. The van der Waals surface area contributed by atoms with Crippen LogP contribution in [0.4, 0.5) is 8.78 Å². The van der Waals surface area contributed by atoms with Gasteiger partial charge in [0.25, 0.3) is 0 Å². The van der Waals surface area contributed by atoms with E-state index in [1.54, 1.807) is 42.7 Å². The molecule has 2 aromatic carbocycles. The molecule has 0 amide bonds. The molecule has 3 aromatic heterocycles. The lowest BCUT2D eigenvalue weighted by atomic mass is 10.2. The maximum atomic E-state index is 13.1. The summed E-state index contributed by atoms with van der Waals surface area (Å²) in [6, 6.07) is 14.2. The molecule has 0 bridgehead atoms. The Morgan fingerprint density at radius 1 is 0.853 bits per heavy atom. The molecule has 0 saturated heterocycles. The second-order valence-electron chi connectivity index (χ2n) is 6.75. The summed E-state index contributed by atoms with van der Waals surface area (Å²) < 4.78 is 29.0. The van der Waals surface area contributed by atoms with Crippen molar-refractivity contribution < 1.29 is 8.78 Å². The summed E-state index contributed by atoms with van der Waals surface area (Å²) in [4.78, 5) is 20.1. The lowest BCUT2D eigenvalue weighted by Crippen LogP contribution is -2.00. The number of H-pyrrole nitrogens is 1. The molecule has 0 saturated carbocycles. The van der Waals surface area contributed by atoms with Gasteiger partial charge < -0.3 is 4.98 Å². The molecular weight excluding hydrogens is 590 g/mol. The smallest absolute Gasteiger partial charge is 0.189 e. The van der Waals surface area contributed by atoms with E-state index in [4.69, 9.17) is 0 Å². The molecule has 0 atom stereocenters. The van der Waals surface area contributed by atoms with Crippen LogP contribution < -0.4 is 0 Å². The highest BCUT2D eigenvalue weighted by Gasteiger charge is 2.12. The molecule has 0 aliphatic rings. The van der Waals surface area contributed by atoms with Crippen molar-refractivity contribution in [1.82, 2.24) is 29.5 Å². The van der Waals surface area contributed by atoms with Crippen LogP contribution in [0.15, 0.2) is 87.6 Å². The van der Waals surface area contributed by atoms with E-state index >= 15 is 0 Å². The van der Waals surface area contributed by atoms with Crippen LogP contribution in [0.2, 0.25) is 0 Å². The Labute approximate surface area is 215 Å². The minimum absolute atomic E-state index is 0.241. The van der Waals surface area contributed by atoms with Crippen LogP contribution >= 0.6 is 43.6 Å². The van der Waals surface area contributed by atoms with Crippen molar-refractivity contribution in [3.05, 3.63) is 94.0 Å². The third-order valence-corrected chi connectivity index (χ3v) is 5.84. The molecule has 34 heavy (non-hydrogen) atoms. The first-order chi connectivity index (χ1) is 16.4. The summed E-state index contributed by atoms with van der Waals surface area (Å²) >= 11 is 8.10. The van der Waals surface area contributed by atoms with Gasteiger partial charge in [-0.2, -0.15) is 0 Å². The zero-order valence-corrected chi connectivity index (χ0v) is 21.6. The molecule has 172 valence electrons. The number of rotatable bonds is 4. The molecular formula is C23H16Br2F2N6S. The predicted molar refractivity (Wildman–Crippen MR) is 136 cm³/mol. The SMILES string of the molecule is CSc1nccc(-n2cc(Br)nc2-c2ccc(F)cc2)n1.Fc1ccc(-c2ncc(Br)[nH]2)cc1. The van der Waals surface area contributed by atoms with E-state index < -0.39 is 0 Å². The fraction of sp³-hybridized carbons (Fsp3) is 0.0435. The number of halogens is 4. The Morgan fingerprint density at radius 3 is 2.09 bits per heavy atom. The number of aromatic amines is 1. The molecule has 1 N–H and O–H groups in total. The van der Waals surface area contributed by atoms with E-state index in [1.165, 1.54) is 36.0 Å². The van der Waals surface area contributed by atoms with Gasteiger partial charge in [0, 0.05) is 23.5 Å². The van der Waals surface area contributed by atoms with Gasteiger partial charge in [0.05, 0.1) is 6.20 Å². The summed E-state index contributed by atoms with van der Waals surface area (Å²) in [6.45, 7) is 0. The highest BCUT2D eigenvalue weighted by atomic mass is 79.9. The molecule has 5 aromatic rings. The summed E-state index contributed by atoms with van der Waals surface area (Å²) in [5.74, 6) is 1.61. The fourth-order valence-corrected chi connectivity index (χ4v) is 3.96. The van der Waals surface area contributed by atoms with E-state index in [9.17, 15) is 8.78 Å². The van der Waals surface area contributed by atoms with Gasteiger partial charge in [0.15, 0.2) is 5.16 Å². The van der Waals surface area contributed by atoms with E-state index in [2.05, 4.69) is 56.8 Å². The van der Waals surface area contributed by atoms with Gasteiger partial charge in [0.2, 0.25) is 0 Å². The topological polar surface area (TPSA) is 72.3 Å². The molecule has 0 aliphatic carbocycles. The largest absolute Gasteiger partial charge is 0.333 e. The average Bonchev–Trinajstić information content (AvgIpc) is 3.46. The Kier molecular flexibility index (Phi) is 7.86. The van der Waals surface area contributed by atoms with E-state index in [1.807, 2.05) is 17.0 Å². The maximum absolute atomic E-state index is 13.1. The van der Waals surface area contributed by atoms with Crippen LogP contribution in [0.1, 0.15) is 0 Å². The molecule has 5 rings (SSSR count). The average molecular weight is 606 g/mol. The third kappa shape index (κ3) is 5.96. The van der Waals surface area contributed by atoms with Crippen LogP contribution in [-0.2, 0) is 0 Å². The highest BCUT2D eigenvalue weighted by Crippen LogP contribution is 2.25. The van der Waals surface area contributed by atoms with Crippen LogP contribution in [-0.4, -0.2) is 35.7 Å². The normalized spacial score (nSPS) is 10.6. The minimum atomic E-state index is -0.275. The number of hydrogen-bond donors (Lipinski definition) is 1. The Bertz CT molecular complexity index is 1390. The number of nitrogens with zero attached hydrogens (tertiary/aromatic N) is 5. The first-order valence-electron chi connectivity index (χ1n) is 9.77. The molecule has 0 spiro atoms. The van der Waals surface area contributed by atoms with Crippen LogP contribution in [0.3, 0.4) is 0 Å². The summed E-state index contributed by atoms with van der Waals surface area (Å²) in [7, 11) is 0. The number of benzene rings is 2. The first-order valence-corrected chi connectivity index (χ1v) is 12.6. The van der Waals surface area contributed by atoms with Gasteiger partial charge in [-0.15, -0.1) is 0 Å². The van der Waals surface area contributed by atoms with Crippen LogP contribution in [0.25, 0.3) is 28.6 Å². The van der Waals surface area contributed by atoms with Crippen molar-refractivity contribution in [2.24, 2.45) is 0 Å². The predicted octanol–water partition coefficient (Wildman–Crippen LogP) is 6.93. The zero-order valence-electron chi connectivity index (χ0n) is 17.6. The van der Waals surface area contributed by atoms with Crippen molar-refractivity contribution in [2.75, 3.05) is 6.26 Å². The third-order valence-electron chi connectivity index (χ3n) is 4.49. The number of aromatic nitrogens is 6. The lowest BCUT2D eigenvalue weighted by molar-refractivity contribution is 0.627. The molecule has 0 radical (unpaired) electrons. The zero-order chi connectivity index (χ0) is 24.1. The van der Waals surface area contributed by atoms with Gasteiger partial charge in [-0.25, -0.2) is 28.7 Å². The van der Waals surface area contributed by atoms with Crippen molar-refractivity contribution in [3.8, 4) is 28.6 Å². The Morgan fingerprint density at radius 2 is 1.50 bits per heavy atom. The van der Waals surface area contributed by atoms with E-state index in [0.29, 0.717) is 21.4 Å². The summed E-state index contributed by atoms with van der Waals surface area (Å²) in [5.41, 5.74) is 1.68. The monoisotopic (exact) mass is 604 g/mol. The van der Waals surface area contributed by atoms with Crippen molar-refractivity contribution in [1.29, 1.82) is 0 Å². The molecule has 0 aliphatic heterocycles. The Hall–Kier alpha value is -2.89. The van der Waals surface area contributed by atoms with Gasteiger partial charge in [-0.3, -0.25) is 4.57 Å². The lowest BCUT2D eigenvalue weighted by Gasteiger charge is -2.07. The molecule has 0 fully saturated rings. The van der Waals surface area contributed by atoms with Crippen LogP contribution in [0, 0.1) is 11.6 Å². The summed E-state index contributed by atoms with van der Waals surface area (Å²) in [5, 5.41) is 0.683. The standard InChI is InChI=1S/C14H10BrFN4S.C9H6BrFN2/c1-21-14-17-7-6-12(19-14)20-8-11(15)18-13(20)9-2-4-10(16)5-3-9;10-8-5-12-9(13-8)6-1-3-7(11)4-2-6/h2-8H,1H3;1-5H,(H,12,13). The van der Waals surface area contributed by atoms with Crippen molar-refractivity contribution in [3.63, 3.8) is 0 Å². The number of nitrogens with one attached hydrogen (secondary N) is 1. The second-order valence-corrected chi connectivity index (χ2v) is 9.19. The first kappa shape index (κ1) is 24.2. The molecule has 0 unspecified atom stereocenters. The summed E-state index contributed by atoms with van der Waals surface area (Å²) in [6.07, 6.45) is 7.12. The highest BCUT2D eigenvalue weighted by molar-refractivity contribution is 9.10. The van der Waals surface area contributed by atoms with Crippen molar-refractivity contribution in [2.45, 2.75) is 5.16 Å². The van der Waals surface area contributed by atoms with Gasteiger partial charge in [-0.05, 0) is 92.7 Å². The minimum Gasteiger partial charge on any atom is -0.333 e. The van der Waals surface area contributed by atoms with Crippen molar-refractivity contribution >= 4 is 43.6 Å². The molecule has 11 heteroatoms. The maximum Gasteiger partial charge on any atom is 0.189 e.